The molecule has 1 N–H and O–H groups in total. The van der Waals surface area contributed by atoms with Crippen LogP contribution in [0.1, 0.15) is 37.3 Å². The smallest absolute Gasteiger partial charge is 0.318 e. The number of benzene rings is 1. The number of hydrogen-bond acceptors (Lipinski definition) is 5. The third-order valence-electron chi connectivity index (χ3n) is 7.13. The van der Waals surface area contributed by atoms with Crippen LogP contribution in [0.3, 0.4) is 0 Å². The number of aromatic nitrogens is 6. The maximum absolute atomic E-state index is 13.0. The topological polar surface area (TPSA) is 93.8 Å². The number of amides is 2. The molecule has 3 aromatic heterocycles. The maximum atomic E-state index is 13.0. The molecule has 1 aromatic carbocycles. The Bertz CT molecular complexity index is 1360. The van der Waals surface area contributed by atoms with Crippen molar-refractivity contribution in [2.75, 3.05) is 13.1 Å². The molecule has 1 fully saturated rings. The van der Waals surface area contributed by atoms with Gasteiger partial charge in [-0.25, -0.2) is 9.78 Å². The van der Waals surface area contributed by atoms with E-state index in [9.17, 15) is 4.79 Å². The third kappa shape index (κ3) is 3.26. The maximum Gasteiger partial charge on any atom is 0.318 e. The van der Waals surface area contributed by atoms with Gasteiger partial charge in [0.1, 0.15) is 12.2 Å². The molecule has 9 nitrogen and oxygen atoms in total. The van der Waals surface area contributed by atoms with E-state index < -0.39 is 0 Å². The number of hydrogen-bond donors (Lipinski definition) is 1. The lowest BCUT2D eigenvalue weighted by molar-refractivity contribution is 0.201. The zero-order valence-corrected chi connectivity index (χ0v) is 18.8. The molecule has 0 radical (unpaired) electrons. The molecule has 0 bridgehead atoms. The van der Waals surface area contributed by atoms with Gasteiger partial charge < -0.3 is 10.2 Å². The van der Waals surface area contributed by atoms with E-state index in [0.717, 1.165) is 53.9 Å². The zero-order valence-electron chi connectivity index (χ0n) is 18.8. The second-order valence-electron chi connectivity index (χ2n) is 9.17. The monoisotopic (exact) mass is 442 g/mol. The van der Waals surface area contributed by atoms with Crippen molar-refractivity contribution < 1.29 is 4.79 Å². The van der Waals surface area contributed by atoms with Gasteiger partial charge in [-0.2, -0.15) is 10.2 Å². The SMILES string of the molecule is CC(NC(=O)N1CCC2(CCn3nc(-c4cnc5ccccc5c4)cc32)C1)c1ncnn1C. The Labute approximate surface area is 191 Å². The van der Waals surface area contributed by atoms with Crippen LogP contribution in [-0.4, -0.2) is 53.5 Å². The van der Waals surface area contributed by atoms with Crippen molar-refractivity contribution in [3.05, 3.63) is 60.4 Å². The van der Waals surface area contributed by atoms with Crippen LogP contribution in [-0.2, 0) is 19.0 Å². The highest BCUT2D eigenvalue weighted by Gasteiger charge is 2.47. The Morgan fingerprint density at radius 2 is 2.00 bits per heavy atom. The molecular formula is C24H26N8O. The van der Waals surface area contributed by atoms with Crippen molar-refractivity contribution in [3.63, 3.8) is 0 Å². The number of nitrogens with zero attached hydrogens (tertiary/aromatic N) is 7. The lowest BCUT2D eigenvalue weighted by Gasteiger charge is -2.24. The van der Waals surface area contributed by atoms with Crippen LogP contribution in [0.5, 0.6) is 0 Å². The summed E-state index contributed by atoms with van der Waals surface area (Å²) in [6.45, 7) is 4.24. The molecule has 9 heteroatoms. The van der Waals surface area contributed by atoms with Gasteiger partial charge in [0.05, 0.1) is 17.3 Å². The van der Waals surface area contributed by atoms with Crippen molar-refractivity contribution in [1.29, 1.82) is 0 Å². The van der Waals surface area contributed by atoms with Gasteiger partial charge in [-0.15, -0.1) is 0 Å². The van der Waals surface area contributed by atoms with Crippen molar-refractivity contribution in [3.8, 4) is 11.3 Å². The van der Waals surface area contributed by atoms with E-state index in [4.69, 9.17) is 5.10 Å². The normalized spacial score (nSPS) is 20.5. The summed E-state index contributed by atoms with van der Waals surface area (Å²) in [4.78, 5) is 23.8. The summed E-state index contributed by atoms with van der Waals surface area (Å²) >= 11 is 0. The summed E-state index contributed by atoms with van der Waals surface area (Å²) in [7, 11) is 1.83. The lowest BCUT2D eigenvalue weighted by Crippen LogP contribution is -2.41. The number of carbonyl (C=O) groups excluding carboxylic acids is 1. The fraction of sp³-hybridized carbons (Fsp3) is 0.375. The molecular weight excluding hydrogens is 416 g/mol. The number of pyridine rings is 1. The van der Waals surface area contributed by atoms with E-state index in [0.29, 0.717) is 6.54 Å². The molecule has 1 spiro atoms. The summed E-state index contributed by atoms with van der Waals surface area (Å²) in [5, 5.41) is 13.2. The molecule has 0 aliphatic carbocycles. The molecule has 33 heavy (non-hydrogen) atoms. The number of aryl methyl sites for hydroxylation is 2. The Balaban J connectivity index is 1.21. The van der Waals surface area contributed by atoms with E-state index >= 15 is 0 Å². The molecule has 2 atom stereocenters. The summed E-state index contributed by atoms with van der Waals surface area (Å²) in [6, 6.07) is 12.2. The second kappa shape index (κ2) is 7.40. The number of para-hydroxylation sites is 1. The van der Waals surface area contributed by atoms with Crippen LogP contribution in [0.2, 0.25) is 0 Å². The van der Waals surface area contributed by atoms with Crippen molar-refractivity contribution in [2.24, 2.45) is 7.05 Å². The molecule has 2 unspecified atom stereocenters. The standard InChI is InChI=1S/C24H26N8O/c1-16(22-26-15-27-30(22)2)28-23(33)31-9-7-24(14-31)8-10-32-21(24)12-20(29-32)18-11-17-5-3-4-6-19(17)25-13-18/h3-6,11-13,15-16H,7-10,14H2,1-2H3,(H,28,33). The molecule has 2 amide bonds. The van der Waals surface area contributed by atoms with E-state index in [1.807, 2.05) is 43.3 Å². The highest BCUT2D eigenvalue weighted by Crippen LogP contribution is 2.43. The van der Waals surface area contributed by atoms with Crippen LogP contribution in [0.25, 0.3) is 22.2 Å². The predicted octanol–water partition coefficient (Wildman–Crippen LogP) is 3.04. The molecule has 168 valence electrons. The quantitative estimate of drug-likeness (QED) is 0.526. The molecule has 6 rings (SSSR count). The molecule has 2 aliphatic rings. The lowest BCUT2D eigenvalue weighted by atomic mass is 9.82. The Morgan fingerprint density at radius 3 is 2.85 bits per heavy atom. The highest BCUT2D eigenvalue weighted by atomic mass is 16.2. The minimum Gasteiger partial charge on any atom is -0.328 e. The van der Waals surface area contributed by atoms with E-state index in [1.165, 1.54) is 12.0 Å². The van der Waals surface area contributed by atoms with Crippen LogP contribution >= 0.6 is 0 Å². The number of carbonyl (C=O) groups is 1. The van der Waals surface area contributed by atoms with Gasteiger partial charge in [0, 0.05) is 54.9 Å². The van der Waals surface area contributed by atoms with Gasteiger partial charge in [0.15, 0.2) is 0 Å². The minimum absolute atomic E-state index is 0.0408. The van der Waals surface area contributed by atoms with Gasteiger partial charge in [0.2, 0.25) is 0 Å². The second-order valence-corrected chi connectivity index (χ2v) is 9.17. The van der Waals surface area contributed by atoms with E-state index in [1.54, 1.807) is 4.68 Å². The fourth-order valence-corrected chi connectivity index (χ4v) is 5.31. The first-order valence-electron chi connectivity index (χ1n) is 11.4. The van der Waals surface area contributed by atoms with E-state index in [-0.39, 0.29) is 17.5 Å². The van der Waals surface area contributed by atoms with E-state index in [2.05, 4.69) is 43.3 Å². The highest BCUT2D eigenvalue weighted by molar-refractivity contribution is 5.82. The fourth-order valence-electron chi connectivity index (χ4n) is 5.31. The van der Waals surface area contributed by atoms with Gasteiger partial charge in [0.25, 0.3) is 0 Å². The molecule has 1 saturated heterocycles. The first kappa shape index (κ1) is 19.9. The Kier molecular flexibility index (Phi) is 4.46. The van der Waals surface area contributed by atoms with Gasteiger partial charge in [-0.05, 0) is 38.0 Å². The summed E-state index contributed by atoms with van der Waals surface area (Å²) < 4.78 is 3.81. The Hall–Kier alpha value is -3.75. The molecule has 2 aliphatic heterocycles. The first-order chi connectivity index (χ1) is 16.0. The van der Waals surface area contributed by atoms with Crippen LogP contribution < -0.4 is 5.32 Å². The van der Waals surface area contributed by atoms with Crippen LogP contribution in [0.15, 0.2) is 48.9 Å². The number of nitrogens with one attached hydrogen (secondary N) is 1. The van der Waals surface area contributed by atoms with Crippen LogP contribution in [0.4, 0.5) is 4.79 Å². The summed E-state index contributed by atoms with van der Waals surface area (Å²) in [5.74, 6) is 0.741. The molecule has 0 saturated carbocycles. The Morgan fingerprint density at radius 1 is 1.15 bits per heavy atom. The number of urea groups is 1. The molecule has 5 heterocycles. The first-order valence-corrected chi connectivity index (χ1v) is 11.4. The zero-order chi connectivity index (χ0) is 22.6. The number of likely N-dealkylation sites (tertiary alicyclic amines) is 1. The number of rotatable bonds is 3. The molecule has 4 aromatic rings. The van der Waals surface area contributed by atoms with Crippen molar-refractivity contribution in [2.45, 2.75) is 37.8 Å². The van der Waals surface area contributed by atoms with Gasteiger partial charge in [-0.1, -0.05) is 18.2 Å². The third-order valence-corrected chi connectivity index (χ3v) is 7.13. The van der Waals surface area contributed by atoms with Crippen LogP contribution in [0, 0.1) is 0 Å². The predicted molar refractivity (Wildman–Crippen MR) is 123 cm³/mol. The van der Waals surface area contributed by atoms with Crippen molar-refractivity contribution in [1.82, 2.24) is 39.7 Å². The van der Waals surface area contributed by atoms with Gasteiger partial charge >= 0.3 is 6.03 Å². The number of fused-ring (bicyclic) bond motifs is 3. The van der Waals surface area contributed by atoms with Gasteiger partial charge in [-0.3, -0.25) is 14.3 Å². The minimum atomic E-state index is -0.206. The largest absolute Gasteiger partial charge is 0.328 e. The average molecular weight is 443 g/mol. The summed E-state index contributed by atoms with van der Waals surface area (Å²) in [5.41, 5.74) is 4.14. The average Bonchev–Trinajstić information content (AvgIpc) is 3.59. The summed E-state index contributed by atoms with van der Waals surface area (Å²) in [6.07, 6.45) is 5.36. The van der Waals surface area contributed by atoms with Crippen molar-refractivity contribution >= 4 is 16.9 Å².